The monoisotopic (exact) mass is 288 g/mol. The molecule has 0 amide bonds. The van der Waals surface area contributed by atoms with Crippen LogP contribution in [0.3, 0.4) is 0 Å². The number of fused-ring (bicyclic) bond motifs is 1. The van der Waals surface area contributed by atoms with Crippen LogP contribution in [0.1, 0.15) is 70.5 Å². The van der Waals surface area contributed by atoms with E-state index in [-0.39, 0.29) is 0 Å². The highest BCUT2D eigenvalue weighted by Crippen LogP contribution is 2.36. The molecule has 2 atom stereocenters. The fourth-order valence-corrected chi connectivity index (χ4v) is 3.70. The van der Waals surface area contributed by atoms with Gasteiger partial charge in [0, 0.05) is 31.2 Å². The predicted molar refractivity (Wildman–Crippen MR) is 91.8 cm³/mol. The van der Waals surface area contributed by atoms with Gasteiger partial charge >= 0.3 is 0 Å². The Bertz CT molecular complexity index is 431. The highest BCUT2D eigenvalue weighted by molar-refractivity contribution is 5.34. The average Bonchev–Trinajstić information content (AvgIpc) is 2.45. The van der Waals surface area contributed by atoms with Crippen molar-refractivity contribution in [1.29, 1.82) is 0 Å². The molecule has 0 heterocycles. The van der Waals surface area contributed by atoms with E-state index in [4.69, 9.17) is 0 Å². The molecule has 0 saturated heterocycles. The Morgan fingerprint density at radius 1 is 1.05 bits per heavy atom. The van der Waals surface area contributed by atoms with Gasteiger partial charge in [-0.3, -0.25) is 4.90 Å². The third-order valence-electron chi connectivity index (χ3n) is 4.88. The number of benzene rings is 1. The van der Waals surface area contributed by atoms with Crippen molar-refractivity contribution < 1.29 is 0 Å². The summed E-state index contributed by atoms with van der Waals surface area (Å²) in [6, 6.07) is 10.7. The molecular formula is C19H32N2. The summed E-state index contributed by atoms with van der Waals surface area (Å²) < 4.78 is 0. The molecule has 1 aliphatic rings. The van der Waals surface area contributed by atoms with Crippen LogP contribution >= 0.6 is 0 Å². The zero-order valence-electron chi connectivity index (χ0n) is 14.4. The molecule has 2 unspecified atom stereocenters. The molecular weight excluding hydrogens is 256 g/mol. The number of rotatable bonds is 6. The number of hydrogen-bond donors (Lipinski definition) is 1. The smallest absolute Gasteiger partial charge is 0.0323 e. The van der Waals surface area contributed by atoms with E-state index in [2.05, 4.69) is 69.1 Å². The minimum atomic E-state index is 0.540. The van der Waals surface area contributed by atoms with Crippen molar-refractivity contribution in [3.63, 3.8) is 0 Å². The molecule has 1 aliphatic carbocycles. The molecule has 118 valence electrons. The fraction of sp³-hybridized carbons (Fsp3) is 0.684. The van der Waals surface area contributed by atoms with E-state index in [9.17, 15) is 0 Å². The summed E-state index contributed by atoms with van der Waals surface area (Å²) in [6.07, 6.45) is 2.56. The molecule has 0 fully saturated rings. The first kappa shape index (κ1) is 16.5. The van der Waals surface area contributed by atoms with Crippen LogP contribution in [0, 0.1) is 0 Å². The molecule has 1 N–H and O–H groups in total. The summed E-state index contributed by atoms with van der Waals surface area (Å²) in [6.45, 7) is 13.7. The van der Waals surface area contributed by atoms with Gasteiger partial charge in [-0.2, -0.15) is 0 Å². The minimum Gasteiger partial charge on any atom is -0.309 e. The number of nitrogens with one attached hydrogen (secondary N) is 1. The predicted octanol–water partition coefficient (Wildman–Crippen LogP) is 4.33. The first-order chi connectivity index (χ1) is 10.0. The van der Waals surface area contributed by atoms with Gasteiger partial charge in [0.2, 0.25) is 0 Å². The second-order valence-electron chi connectivity index (χ2n) is 7.04. The normalized spacial score (nSPS) is 22.1. The number of hydrogen-bond acceptors (Lipinski definition) is 2. The lowest BCUT2D eigenvalue weighted by Crippen LogP contribution is -2.42. The molecule has 2 nitrogen and oxygen atoms in total. The van der Waals surface area contributed by atoms with Gasteiger partial charge in [0.15, 0.2) is 0 Å². The third kappa shape index (κ3) is 4.08. The van der Waals surface area contributed by atoms with Gasteiger partial charge in [0.25, 0.3) is 0 Å². The van der Waals surface area contributed by atoms with Crippen LogP contribution in [0.2, 0.25) is 0 Å². The van der Waals surface area contributed by atoms with Crippen molar-refractivity contribution in [2.24, 2.45) is 0 Å². The summed E-state index contributed by atoms with van der Waals surface area (Å²) in [5.41, 5.74) is 3.07. The summed E-state index contributed by atoms with van der Waals surface area (Å²) in [4.78, 5) is 2.56. The van der Waals surface area contributed by atoms with Crippen LogP contribution in [0.15, 0.2) is 24.3 Å². The van der Waals surface area contributed by atoms with Crippen LogP contribution in [0.5, 0.6) is 0 Å². The van der Waals surface area contributed by atoms with Crippen LogP contribution in [-0.2, 0) is 0 Å². The van der Waals surface area contributed by atoms with E-state index in [1.807, 2.05) is 0 Å². The Labute approximate surface area is 130 Å². The van der Waals surface area contributed by atoms with Crippen LogP contribution in [0.25, 0.3) is 0 Å². The van der Waals surface area contributed by atoms with Crippen molar-refractivity contribution in [2.45, 2.75) is 71.5 Å². The molecule has 0 radical (unpaired) electrons. The maximum atomic E-state index is 3.80. The maximum absolute atomic E-state index is 3.80. The van der Waals surface area contributed by atoms with Gasteiger partial charge in [-0.1, -0.05) is 31.2 Å². The second kappa shape index (κ2) is 7.42. The molecule has 2 rings (SSSR count). The van der Waals surface area contributed by atoms with E-state index < -0.39 is 0 Å². The highest BCUT2D eigenvalue weighted by atomic mass is 15.2. The first-order valence-electron chi connectivity index (χ1n) is 8.58. The fourth-order valence-electron chi connectivity index (χ4n) is 3.70. The number of nitrogens with zero attached hydrogens (tertiary/aromatic N) is 1. The van der Waals surface area contributed by atoms with E-state index in [0.29, 0.717) is 24.0 Å². The second-order valence-corrected chi connectivity index (χ2v) is 7.04. The van der Waals surface area contributed by atoms with Crippen LogP contribution in [0.4, 0.5) is 0 Å². The standard InChI is InChI=1S/C19H32N2/c1-14(2)21(15(3)4)13-12-20-19-11-10-16(5)17-8-6-7-9-18(17)19/h6-9,14-16,19-20H,10-13H2,1-5H3. The maximum Gasteiger partial charge on any atom is 0.0323 e. The van der Waals surface area contributed by atoms with Gasteiger partial charge in [-0.15, -0.1) is 0 Å². The van der Waals surface area contributed by atoms with E-state index >= 15 is 0 Å². The van der Waals surface area contributed by atoms with Gasteiger partial charge < -0.3 is 5.32 Å². The minimum absolute atomic E-state index is 0.540. The molecule has 1 aromatic carbocycles. The largest absolute Gasteiger partial charge is 0.309 e. The molecule has 1 aromatic rings. The summed E-state index contributed by atoms with van der Waals surface area (Å²) in [5.74, 6) is 0.710. The molecule has 0 bridgehead atoms. The molecule has 0 spiro atoms. The Kier molecular flexibility index (Phi) is 5.83. The van der Waals surface area contributed by atoms with E-state index in [1.165, 1.54) is 18.4 Å². The summed E-state index contributed by atoms with van der Waals surface area (Å²) >= 11 is 0. The average molecular weight is 288 g/mol. The molecule has 2 heteroatoms. The van der Waals surface area contributed by atoms with Crippen molar-refractivity contribution in [1.82, 2.24) is 10.2 Å². The highest BCUT2D eigenvalue weighted by Gasteiger charge is 2.24. The zero-order valence-corrected chi connectivity index (χ0v) is 14.4. The Morgan fingerprint density at radius 2 is 1.67 bits per heavy atom. The lowest BCUT2D eigenvalue weighted by molar-refractivity contribution is 0.173. The van der Waals surface area contributed by atoms with Gasteiger partial charge in [-0.05, 0) is 57.6 Å². The van der Waals surface area contributed by atoms with Crippen molar-refractivity contribution in [3.8, 4) is 0 Å². The van der Waals surface area contributed by atoms with Gasteiger partial charge in [-0.25, -0.2) is 0 Å². The van der Waals surface area contributed by atoms with Crippen molar-refractivity contribution >= 4 is 0 Å². The van der Waals surface area contributed by atoms with Gasteiger partial charge in [0.1, 0.15) is 0 Å². The topological polar surface area (TPSA) is 15.3 Å². The Hall–Kier alpha value is -0.860. The third-order valence-corrected chi connectivity index (χ3v) is 4.88. The molecule has 0 aliphatic heterocycles. The van der Waals surface area contributed by atoms with Gasteiger partial charge in [0.05, 0.1) is 0 Å². The van der Waals surface area contributed by atoms with E-state index in [1.54, 1.807) is 5.56 Å². The van der Waals surface area contributed by atoms with Crippen molar-refractivity contribution in [3.05, 3.63) is 35.4 Å². The van der Waals surface area contributed by atoms with Crippen LogP contribution in [-0.4, -0.2) is 30.1 Å². The van der Waals surface area contributed by atoms with Crippen molar-refractivity contribution in [2.75, 3.05) is 13.1 Å². The molecule has 0 aromatic heterocycles. The first-order valence-corrected chi connectivity index (χ1v) is 8.58. The van der Waals surface area contributed by atoms with Crippen LogP contribution < -0.4 is 5.32 Å². The lowest BCUT2D eigenvalue weighted by Gasteiger charge is -2.33. The summed E-state index contributed by atoms with van der Waals surface area (Å²) in [5, 5.41) is 3.80. The quantitative estimate of drug-likeness (QED) is 0.838. The van der Waals surface area contributed by atoms with E-state index in [0.717, 1.165) is 13.1 Å². The Morgan fingerprint density at radius 3 is 2.29 bits per heavy atom. The lowest BCUT2D eigenvalue weighted by atomic mass is 9.81. The Balaban J connectivity index is 1.94. The summed E-state index contributed by atoms with van der Waals surface area (Å²) in [7, 11) is 0. The molecule has 21 heavy (non-hydrogen) atoms. The zero-order chi connectivity index (χ0) is 15.4. The SMILES string of the molecule is CC1CCC(NCCN(C(C)C)C(C)C)c2ccccc21. The molecule has 0 saturated carbocycles.